The van der Waals surface area contributed by atoms with Crippen molar-refractivity contribution in [1.29, 1.82) is 0 Å². The van der Waals surface area contributed by atoms with E-state index >= 15 is 0 Å². The molecule has 0 aromatic rings. The van der Waals surface area contributed by atoms with Crippen LogP contribution in [0.4, 0.5) is 0 Å². The summed E-state index contributed by atoms with van der Waals surface area (Å²) in [4.78, 5) is 0. The molecule has 2 N–H and O–H groups in total. The first kappa shape index (κ1) is 20.9. The molecule has 128 valence electrons. The Morgan fingerprint density at radius 1 is 0.619 bits per heavy atom. The van der Waals surface area contributed by atoms with Gasteiger partial charge < -0.3 is 10.2 Å². The Balaban J connectivity index is 3.81. The van der Waals surface area contributed by atoms with Crippen LogP contribution in [0.3, 0.4) is 0 Å². The molecule has 2 nitrogen and oxygen atoms in total. The first-order valence-corrected chi connectivity index (χ1v) is 9.46. The molecule has 0 saturated carbocycles. The Bertz CT molecular complexity index is 197. The Morgan fingerprint density at radius 2 is 1.05 bits per heavy atom. The number of hydrogen-bond donors (Lipinski definition) is 2. The molecule has 0 aromatic carbocycles. The van der Waals surface area contributed by atoms with Crippen LogP contribution in [0.2, 0.25) is 0 Å². The molecule has 0 saturated heterocycles. The molecule has 0 heterocycles. The topological polar surface area (TPSA) is 40.5 Å². The zero-order valence-electron chi connectivity index (χ0n) is 14.9. The molecule has 21 heavy (non-hydrogen) atoms. The van der Waals surface area contributed by atoms with Crippen LogP contribution < -0.4 is 0 Å². The first-order valence-electron chi connectivity index (χ1n) is 9.46. The number of unbranched alkanes of at least 4 members (excludes halogenated alkanes) is 5. The fourth-order valence-corrected chi connectivity index (χ4v) is 3.88. The molecule has 0 aromatic heterocycles. The average molecular weight is 301 g/mol. The van der Waals surface area contributed by atoms with Crippen LogP contribution in [0.5, 0.6) is 0 Å². The van der Waals surface area contributed by atoms with Gasteiger partial charge in [0.05, 0.1) is 0 Å². The molecule has 0 radical (unpaired) electrons. The normalized spacial score (nSPS) is 12.3. The van der Waals surface area contributed by atoms with Crippen LogP contribution in [-0.4, -0.2) is 16.5 Å². The minimum atomic E-state index is -1.11. The molecule has 0 spiro atoms. The summed E-state index contributed by atoms with van der Waals surface area (Å²) in [6.07, 6.45) is 16.4. The van der Waals surface area contributed by atoms with Crippen molar-refractivity contribution in [2.24, 2.45) is 5.41 Å². The van der Waals surface area contributed by atoms with E-state index in [9.17, 15) is 0 Å². The van der Waals surface area contributed by atoms with Gasteiger partial charge in [0.1, 0.15) is 0 Å². The quantitative estimate of drug-likeness (QED) is 0.296. The van der Waals surface area contributed by atoms with E-state index in [0.717, 1.165) is 12.8 Å². The summed E-state index contributed by atoms with van der Waals surface area (Å²) in [6.45, 7) is 6.99. The van der Waals surface area contributed by atoms with E-state index in [4.69, 9.17) is 10.2 Å². The summed E-state index contributed by atoms with van der Waals surface area (Å²) in [5, 5.41) is 17.6. The van der Waals surface area contributed by atoms with Crippen LogP contribution in [-0.2, 0) is 0 Å². The highest BCUT2D eigenvalue weighted by Gasteiger charge is 2.26. The molecule has 0 aliphatic carbocycles. The van der Waals surface area contributed by atoms with Crippen molar-refractivity contribution in [3.63, 3.8) is 0 Å². The van der Waals surface area contributed by atoms with Crippen molar-refractivity contribution in [2.45, 2.75) is 117 Å². The number of rotatable bonds is 15. The summed E-state index contributed by atoms with van der Waals surface area (Å²) < 4.78 is 0. The fraction of sp³-hybridized carbons (Fsp3) is 1.00. The summed E-state index contributed by atoms with van der Waals surface area (Å²) in [6, 6.07) is 0. The van der Waals surface area contributed by atoms with Crippen LogP contribution in [0.1, 0.15) is 111 Å². The molecule has 0 unspecified atom stereocenters. The van der Waals surface area contributed by atoms with Gasteiger partial charge in [0.15, 0.2) is 6.29 Å². The maximum atomic E-state index is 8.79. The highest BCUT2D eigenvalue weighted by Crippen LogP contribution is 2.40. The molecule has 2 heteroatoms. The predicted octanol–water partition coefficient (Wildman–Crippen LogP) is 5.80. The van der Waals surface area contributed by atoms with Crippen LogP contribution in [0, 0.1) is 5.41 Å². The van der Waals surface area contributed by atoms with Crippen molar-refractivity contribution in [3.05, 3.63) is 0 Å². The smallest absolute Gasteiger partial charge is 0.151 e. The zero-order chi connectivity index (χ0) is 16.0. The average Bonchev–Trinajstić information content (AvgIpc) is 2.42. The third-order valence-electron chi connectivity index (χ3n) is 4.76. The summed E-state index contributed by atoms with van der Waals surface area (Å²) in [5.41, 5.74) is 0.624. The SMILES string of the molecule is CCCC(CCC)(CCC)CCCCCCCCC(O)O. The minimum Gasteiger partial charge on any atom is -0.368 e. The molecule has 0 aliphatic rings. The maximum Gasteiger partial charge on any atom is 0.151 e. The highest BCUT2D eigenvalue weighted by molar-refractivity contribution is 4.78. The second-order valence-electron chi connectivity index (χ2n) is 6.89. The van der Waals surface area contributed by atoms with E-state index in [2.05, 4.69) is 20.8 Å². The van der Waals surface area contributed by atoms with Gasteiger partial charge in [-0.25, -0.2) is 0 Å². The predicted molar refractivity (Wildman–Crippen MR) is 92.3 cm³/mol. The van der Waals surface area contributed by atoms with Crippen LogP contribution in [0.15, 0.2) is 0 Å². The number of hydrogen-bond acceptors (Lipinski definition) is 2. The molecule has 0 atom stereocenters. The van der Waals surface area contributed by atoms with Gasteiger partial charge in [-0.3, -0.25) is 0 Å². The van der Waals surface area contributed by atoms with Crippen molar-refractivity contribution in [2.75, 3.05) is 0 Å². The zero-order valence-corrected chi connectivity index (χ0v) is 14.9. The van der Waals surface area contributed by atoms with E-state index in [1.54, 1.807) is 0 Å². The highest BCUT2D eigenvalue weighted by atomic mass is 16.5. The lowest BCUT2D eigenvalue weighted by Gasteiger charge is -2.34. The van der Waals surface area contributed by atoms with Crippen molar-refractivity contribution < 1.29 is 10.2 Å². The van der Waals surface area contributed by atoms with Crippen molar-refractivity contribution in [1.82, 2.24) is 0 Å². The van der Waals surface area contributed by atoms with Gasteiger partial charge in [-0.1, -0.05) is 72.1 Å². The molecular weight excluding hydrogens is 260 g/mol. The summed E-state index contributed by atoms with van der Waals surface area (Å²) in [5.74, 6) is 0. The van der Waals surface area contributed by atoms with E-state index in [0.29, 0.717) is 11.8 Å². The molecule has 0 fully saturated rings. The Hall–Kier alpha value is -0.0800. The molecule has 0 bridgehead atoms. The van der Waals surface area contributed by atoms with Crippen LogP contribution >= 0.6 is 0 Å². The lowest BCUT2D eigenvalue weighted by molar-refractivity contribution is -0.0466. The Kier molecular flexibility index (Phi) is 13.5. The van der Waals surface area contributed by atoms with Crippen LogP contribution in [0.25, 0.3) is 0 Å². The lowest BCUT2D eigenvalue weighted by atomic mass is 9.72. The van der Waals surface area contributed by atoms with E-state index in [1.165, 1.54) is 70.6 Å². The Morgan fingerprint density at radius 3 is 1.48 bits per heavy atom. The molecule has 0 aliphatic heterocycles. The lowest BCUT2D eigenvalue weighted by Crippen LogP contribution is -2.20. The second-order valence-corrected chi connectivity index (χ2v) is 6.89. The number of aliphatic hydroxyl groups is 2. The van der Waals surface area contributed by atoms with Gasteiger partial charge in [-0.15, -0.1) is 0 Å². The molecular formula is C19H40O2. The monoisotopic (exact) mass is 300 g/mol. The first-order chi connectivity index (χ1) is 10.1. The van der Waals surface area contributed by atoms with Gasteiger partial charge in [0, 0.05) is 0 Å². The van der Waals surface area contributed by atoms with Gasteiger partial charge in [-0.2, -0.15) is 0 Å². The van der Waals surface area contributed by atoms with Gasteiger partial charge >= 0.3 is 0 Å². The minimum absolute atomic E-state index is 0.534. The van der Waals surface area contributed by atoms with Crippen molar-refractivity contribution in [3.8, 4) is 0 Å². The van der Waals surface area contributed by atoms with E-state index < -0.39 is 6.29 Å². The Labute approximate surface area is 133 Å². The maximum absolute atomic E-state index is 8.79. The largest absolute Gasteiger partial charge is 0.368 e. The van der Waals surface area contributed by atoms with Gasteiger partial charge in [0.25, 0.3) is 0 Å². The number of aliphatic hydroxyl groups excluding tert-OH is 1. The molecule has 0 rings (SSSR count). The van der Waals surface area contributed by atoms with Gasteiger partial charge in [-0.05, 0) is 43.9 Å². The summed E-state index contributed by atoms with van der Waals surface area (Å²) >= 11 is 0. The third kappa shape index (κ3) is 11.2. The van der Waals surface area contributed by atoms with Gasteiger partial charge in [0.2, 0.25) is 0 Å². The van der Waals surface area contributed by atoms with E-state index in [-0.39, 0.29) is 0 Å². The fourth-order valence-electron chi connectivity index (χ4n) is 3.88. The van der Waals surface area contributed by atoms with Crippen molar-refractivity contribution >= 4 is 0 Å². The standard InChI is InChI=1S/C19H40O2/c1-4-14-19(15-5-2,16-6-3)17-12-10-8-7-9-11-13-18(20)21/h18,20-21H,4-17H2,1-3H3. The van der Waals surface area contributed by atoms with E-state index in [1.807, 2.05) is 0 Å². The third-order valence-corrected chi connectivity index (χ3v) is 4.76. The summed E-state index contributed by atoms with van der Waals surface area (Å²) in [7, 11) is 0. The second kappa shape index (κ2) is 13.6. The molecule has 0 amide bonds.